The summed E-state index contributed by atoms with van der Waals surface area (Å²) in [6.07, 6.45) is 5.55. The van der Waals surface area contributed by atoms with E-state index in [1.165, 1.54) is 11.3 Å². The third-order valence-electron chi connectivity index (χ3n) is 3.37. The van der Waals surface area contributed by atoms with Crippen LogP contribution in [0.2, 0.25) is 0 Å². The quantitative estimate of drug-likeness (QED) is 0.818. The van der Waals surface area contributed by atoms with Crippen molar-refractivity contribution in [3.8, 4) is 0 Å². The monoisotopic (exact) mass is 326 g/mol. The van der Waals surface area contributed by atoms with Gasteiger partial charge < -0.3 is 9.88 Å². The molecule has 2 aromatic heterocycles. The maximum Gasteiger partial charge on any atom is 0.265 e. The van der Waals surface area contributed by atoms with Crippen molar-refractivity contribution in [1.29, 1.82) is 0 Å². The molecule has 0 amide bonds. The van der Waals surface area contributed by atoms with Gasteiger partial charge in [-0.3, -0.25) is 4.72 Å². The summed E-state index contributed by atoms with van der Waals surface area (Å²) in [6.45, 7) is 3.57. The third-order valence-corrected chi connectivity index (χ3v) is 5.49. The molecule has 1 aliphatic carbocycles. The van der Waals surface area contributed by atoms with Crippen LogP contribution < -0.4 is 10.0 Å². The first-order valence-electron chi connectivity index (χ1n) is 6.94. The maximum absolute atomic E-state index is 12.4. The average Bonchev–Trinajstić information content (AvgIpc) is 2.99. The summed E-state index contributed by atoms with van der Waals surface area (Å²) < 4.78 is 29.4. The fraction of sp³-hybridized carbons (Fsp3) is 0.462. The van der Waals surface area contributed by atoms with Gasteiger partial charge in [-0.15, -0.1) is 11.3 Å². The minimum absolute atomic E-state index is 0.303. The Morgan fingerprint density at radius 3 is 2.90 bits per heavy atom. The van der Waals surface area contributed by atoms with E-state index in [1.807, 2.05) is 6.92 Å². The first kappa shape index (κ1) is 14.6. The molecule has 0 bridgehead atoms. The zero-order chi connectivity index (χ0) is 14.9. The van der Waals surface area contributed by atoms with E-state index in [2.05, 4.69) is 19.6 Å². The summed E-state index contributed by atoms with van der Waals surface area (Å²) >= 11 is 1.27. The molecule has 0 saturated heterocycles. The topological polar surface area (TPSA) is 76.0 Å². The van der Waals surface area contributed by atoms with Crippen LogP contribution in [-0.2, 0) is 16.6 Å². The molecule has 0 radical (unpaired) electrons. The predicted octanol–water partition coefficient (Wildman–Crippen LogP) is 2.19. The fourth-order valence-corrected chi connectivity index (χ4v) is 4.02. The molecule has 3 rings (SSSR count). The van der Waals surface area contributed by atoms with Gasteiger partial charge in [0.1, 0.15) is 4.90 Å². The zero-order valence-electron chi connectivity index (χ0n) is 11.7. The number of nitrogens with one attached hydrogen (secondary N) is 2. The lowest BCUT2D eigenvalue weighted by Crippen LogP contribution is -2.14. The SMILES string of the molecule is CCNCc1cc(S(=O)(=O)Nc2nccs2)cn1C1CC1. The van der Waals surface area contributed by atoms with E-state index in [0.717, 1.165) is 25.1 Å². The van der Waals surface area contributed by atoms with Crippen molar-refractivity contribution < 1.29 is 8.42 Å². The molecule has 1 aliphatic rings. The highest BCUT2D eigenvalue weighted by atomic mass is 32.2. The smallest absolute Gasteiger partial charge is 0.265 e. The molecule has 0 atom stereocenters. The van der Waals surface area contributed by atoms with Crippen LogP contribution in [0.25, 0.3) is 0 Å². The van der Waals surface area contributed by atoms with Gasteiger partial charge in [-0.25, -0.2) is 13.4 Å². The largest absolute Gasteiger partial charge is 0.346 e. The summed E-state index contributed by atoms with van der Waals surface area (Å²) in [7, 11) is -3.57. The van der Waals surface area contributed by atoms with E-state index in [1.54, 1.807) is 23.8 Å². The number of aromatic nitrogens is 2. The summed E-state index contributed by atoms with van der Waals surface area (Å²) in [4.78, 5) is 4.27. The standard InChI is InChI=1S/C13H18N4O2S2/c1-2-14-8-11-7-12(9-17(11)10-3-4-10)21(18,19)16-13-15-5-6-20-13/h5-7,9-10,14H,2-4,8H2,1H3,(H,15,16). The second kappa shape index (κ2) is 5.78. The van der Waals surface area contributed by atoms with E-state index in [4.69, 9.17) is 0 Å². The third kappa shape index (κ3) is 3.28. The van der Waals surface area contributed by atoms with Crippen molar-refractivity contribution in [3.05, 3.63) is 29.5 Å². The normalized spacial score (nSPS) is 15.3. The highest BCUT2D eigenvalue weighted by Gasteiger charge is 2.28. The first-order chi connectivity index (χ1) is 10.1. The highest BCUT2D eigenvalue weighted by molar-refractivity contribution is 7.93. The molecule has 1 fully saturated rings. The number of thiazole rings is 1. The van der Waals surface area contributed by atoms with Gasteiger partial charge in [0.05, 0.1) is 0 Å². The van der Waals surface area contributed by atoms with Gasteiger partial charge in [-0.1, -0.05) is 6.92 Å². The molecule has 2 heterocycles. The van der Waals surface area contributed by atoms with Crippen molar-refractivity contribution in [2.24, 2.45) is 0 Å². The molecule has 8 heteroatoms. The maximum atomic E-state index is 12.4. The Bertz CT molecular complexity index is 703. The molecular formula is C13H18N4O2S2. The van der Waals surface area contributed by atoms with E-state index >= 15 is 0 Å². The predicted molar refractivity (Wildman–Crippen MR) is 83.0 cm³/mol. The molecule has 0 spiro atoms. The Kier molecular flexibility index (Phi) is 4.01. The van der Waals surface area contributed by atoms with Crippen LogP contribution in [0.1, 0.15) is 31.5 Å². The molecule has 2 N–H and O–H groups in total. The molecule has 21 heavy (non-hydrogen) atoms. The Morgan fingerprint density at radius 1 is 1.48 bits per heavy atom. The molecule has 114 valence electrons. The zero-order valence-corrected chi connectivity index (χ0v) is 13.4. The highest BCUT2D eigenvalue weighted by Crippen LogP contribution is 2.37. The Labute approximate surface area is 128 Å². The van der Waals surface area contributed by atoms with Gasteiger partial charge in [0, 0.05) is 36.1 Å². The Hall–Kier alpha value is -1.38. The average molecular weight is 326 g/mol. The van der Waals surface area contributed by atoms with Crippen LogP contribution in [-0.4, -0.2) is 24.5 Å². The van der Waals surface area contributed by atoms with E-state index in [0.29, 0.717) is 22.6 Å². The van der Waals surface area contributed by atoms with Crippen molar-refractivity contribution in [2.45, 2.75) is 37.2 Å². The van der Waals surface area contributed by atoms with Crippen LogP contribution in [0.5, 0.6) is 0 Å². The number of hydrogen-bond acceptors (Lipinski definition) is 5. The molecule has 2 aromatic rings. The molecule has 0 aliphatic heterocycles. The number of nitrogens with zero attached hydrogens (tertiary/aromatic N) is 2. The Balaban J connectivity index is 1.87. The molecule has 6 nitrogen and oxygen atoms in total. The summed E-state index contributed by atoms with van der Waals surface area (Å²) in [5.41, 5.74) is 1.01. The second-order valence-electron chi connectivity index (χ2n) is 5.03. The molecule has 0 unspecified atom stereocenters. The molecule has 1 saturated carbocycles. The van der Waals surface area contributed by atoms with Gasteiger partial charge in [0.25, 0.3) is 10.0 Å². The van der Waals surface area contributed by atoms with Crippen molar-refractivity contribution in [3.63, 3.8) is 0 Å². The van der Waals surface area contributed by atoms with Crippen molar-refractivity contribution >= 4 is 26.5 Å². The van der Waals surface area contributed by atoms with Crippen LogP contribution in [0.4, 0.5) is 5.13 Å². The number of rotatable bonds is 7. The lowest BCUT2D eigenvalue weighted by Gasteiger charge is -2.07. The van der Waals surface area contributed by atoms with Crippen molar-refractivity contribution in [2.75, 3.05) is 11.3 Å². The molecular weight excluding hydrogens is 308 g/mol. The minimum Gasteiger partial charge on any atom is -0.346 e. The second-order valence-corrected chi connectivity index (χ2v) is 7.61. The lowest BCUT2D eigenvalue weighted by molar-refractivity contribution is 0.600. The number of hydrogen-bond donors (Lipinski definition) is 2. The lowest BCUT2D eigenvalue weighted by atomic mass is 10.4. The van der Waals surface area contributed by atoms with Gasteiger partial charge in [0.15, 0.2) is 5.13 Å². The first-order valence-corrected chi connectivity index (χ1v) is 9.30. The fourth-order valence-electron chi connectivity index (χ4n) is 2.18. The Morgan fingerprint density at radius 2 is 2.29 bits per heavy atom. The van der Waals surface area contributed by atoms with Crippen molar-refractivity contribution in [1.82, 2.24) is 14.9 Å². The van der Waals surface area contributed by atoms with Gasteiger partial charge in [0.2, 0.25) is 0 Å². The van der Waals surface area contributed by atoms with E-state index in [-0.39, 0.29) is 0 Å². The van der Waals surface area contributed by atoms with Gasteiger partial charge in [-0.05, 0) is 25.5 Å². The van der Waals surface area contributed by atoms with Gasteiger partial charge >= 0.3 is 0 Å². The minimum atomic E-state index is -3.57. The van der Waals surface area contributed by atoms with Crippen LogP contribution >= 0.6 is 11.3 Å². The van der Waals surface area contributed by atoms with E-state index in [9.17, 15) is 8.42 Å². The van der Waals surface area contributed by atoms with E-state index < -0.39 is 10.0 Å². The number of sulfonamides is 1. The van der Waals surface area contributed by atoms with Gasteiger partial charge in [-0.2, -0.15) is 0 Å². The summed E-state index contributed by atoms with van der Waals surface area (Å²) in [5, 5.41) is 5.38. The van der Waals surface area contributed by atoms with Crippen LogP contribution in [0.15, 0.2) is 28.7 Å². The molecule has 0 aromatic carbocycles. The van der Waals surface area contributed by atoms with Crippen LogP contribution in [0.3, 0.4) is 0 Å². The summed E-state index contributed by atoms with van der Waals surface area (Å²) in [6, 6.07) is 2.19. The summed E-state index contributed by atoms with van der Waals surface area (Å²) in [5.74, 6) is 0. The number of anilines is 1. The van der Waals surface area contributed by atoms with Crippen LogP contribution in [0, 0.1) is 0 Å².